The number of halogens is 3. The highest BCUT2D eigenvalue weighted by atomic mass is 35.5. The third kappa shape index (κ3) is 4.95. The molecule has 1 aliphatic heterocycles. The maximum absolute atomic E-state index is 13.2. The Labute approximate surface area is 194 Å². The van der Waals surface area contributed by atoms with E-state index in [-0.39, 0.29) is 17.7 Å². The van der Waals surface area contributed by atoms with Gasteiger partial charge in [-0.25, -0.2) is 9.07 Å². The van der Waals surface area contributed by atoms with Gasteiger partial charge < -0.3 is 10.2 Å². The van der Waals surface area contributed by atoms with Crippen molar-refractivity contribution in [3.63, 3.8) is 0 Å². The first-order valence-corrected chi connectivity index (χ1v) is 11.0. The van der Waals surface area contributed by atoms with Crippen molar-refractivity contribution >= 4 is 40.8 Å². The molecule has 0 saturated carbocycles. The van der Waals surface area contributed by atoms with Crippen molar-refractivity contribution in [2.45, 2.75) is 19.4 Å². The summed E-state index contributed by atoms with van der Waals surface area (Å²) in [7, 11) is 0. The zero-order chi connectivity index (χ0) is 22.7. The maximum atomic E-state index is 13.2. The Morgan fingerprint density at radius 2 is 1.91 bits per heavy atom. The molecule has 9 heteroatoms. The van der Waals surface area contributed by atoms with Crippen LogP contribution in [0.4, 0.5) is 10.2 Å². The molecule has 6 nitrogen and oxygen atoms in total. The molecule has 4 rings (SSSR count). The van der Waals surface area contributed by atoms with E-state index in [9.17, 15) is 14.0 Å². The highest BCUT2D eigenvalue weighted by molar-refractivity contribution is 6.42. The molecular formula is C23H21Cl2FN4O2. The first-order chi connectivity index (χ1) is 15.4. The summed E-state index contributed by atoms with van der Waals surface area (Å²) in [6.45, 7) is 1.21. The second-order valence-corrected chi connectivity index (χ2v) is 8.46. The first-order valence-electron chi connectivity index (χ1n) is 10.2. The molecule has 32 heavy (non-hydrogen) atoms. The summed E-state index contributed by atoms with van der Waals surface area (Å²) in [6.07, 6.45) is 2.98. The van der Waals surface area contributed by atoms with Gasteiger partial charge in [0.15, 0.2) is 0 Å². The standard InChI is InChI=1S/C23H21Cl2FN4O2/c24-19-5-1-3-16(21(19)25)14-30-20(10-11-27-30)28-22(31)17-4-2-12-29(13-17)23(32)15-6-8-18(26)9-7-15/h1,3,5-11,17H,2,4,12-14H2,(H,28,31)/t17-/m1/s1. The zero-order valence-electron chi connectivity index (χ0n) is 17.1. The van der Waals surface area contributed by atoms with E-state index in [0.717, 1.165) is 5.56 Å². The molecule has 166 valence electrons. The molecular weight excluding hydrogens is 454 g/mol. The number of likely N-dealkylation sites (tertiary alicyclic amines) is 1. The Balaban J connectivity index is 1.42. The van der Waals surface area contributed by atoms with Gasteiger partial charge in [0.2, 0.25) is 5.91 Å². The van der Waals surface area contributed by atoms with E-state index in [0.29, 0.717) is 53.9 Å². The van der Waals surface area contributed by atoms with Crippen molar-refractivity contribution in [3.05, 3.63) is 81.7 Å². The predicted octanol–water partition coefficient (Wildman–Crippen LogP) is 4.87. The highest BCUT2D eigenvalue weighted by Crippen LogP contribution is 2.27. The number of aromatic nitrogens is 2. The molecule has 2 heterocycles. The summed E-state index contributed by atoms with van der Waals surface area (Å²) in [4.78, 5) is 27.3. The second-order valence-electron chi connectivity index (χ2n) is 7.67. The SMILES string of the molecule is O=C(Nc1ccnn1Cc1cccc(Cl)c1Cl)[C@@H]1CCCN(C(=O)c2ccc(F)cc2)C1. The molecule has 2 aromatic carbocycles. The summed E-state index contributed by atoms with van der Waals surface area (Å²) in [5.74, 6) is -0.601. The Bertz CT molecular complexity index is 1130. The number of carbonyl (C=O) groups is 2. The maximum Gasteiger partial charge on any atom is 0.253 e. The van der Waals surface area contributed by atoms with E-state index in [4.69, 9.17) is 23.2 Å². The van der Waals surface area contributed by atoms with Crippen LogP contribution in [0.3, 0.4) is 0 Å². The number of anilines is 1. The molecule has 1 aromatic heterocycles. The van der Waals surface area contributed by atoms with Crippen LogP contribution < -0.4 is 5.32 Å². The van der Waals surface area contributed by atoms with Crippen LogP contribution in [0.25, 0.3) is 0 Å². The Kier molecular flexibility index (Phi) is 6.77. The molecule has 0 bridgehead atoms. The van der Waals surface area contributed by atoms with Gasteiger partial charge in [0.1, 0.15) is 11.6 Å². The van der Waals surface area contributed by atoms with E-state index in [1.165, 1.54) is 24.3 Å². The van der Waals surface area contributed by atoms with Crippen molar-refractivity contribution in [1.82, 2.24) is 14.7 Å². The third-order valence-corrected chi connectivity index (χ3v) is 6.35. The fourth-order valence-electron chi connectivity index (χ4n) is 3.78. The van der Waals surface area contributed by atoms with Crippen LogP contribution in [0.15, 0.2) is 54.7 Å². The second kappa shape index (κ2) is 9.71. The third-order valence-electron chi connectivity index (χ3n) is 5.49. The summed E-state index contributed by atoms with van der Waals surface area (Å²) >= 11 is 12.4. The van der Waals surface area contributed by atoms with Gasteiger partial charge in [0.05, 0.1) is 28.7 Å². The lowest BCUT2D eigenvalue weighted by Crippen LogP contribution is -2.43. The fraction of sp³-hybridized carbons (Fsp3) is 0.261. The largest absolute Gasteiger partial charge is 0.338 e. The summed E-state index contributed by atoms with van der Waals surface area (Å²) in [5.41, 5.74) is 1.19. The molecule has 0 unspecified atom stereocenters. The number of nitrogens with zero attached hydrogens (tertiary/aromatic N) is 3. The van der Waals surface area contributed by atoms with Gasteiger partial charge in [-0.2, -0.15) is 5.10 Å². The molecule has 1 fully saturated rings. The van der Waals surface area contributed by atoms with Crippen molar-refractivity contribution in [3.8, 4) is 0 Å². The molecule has 0 radical (unpaired) electrons. The molecule has 1 N–H and O–H groups in total. The highest BCUT2D eigenvalue weighted by Gasteiger charge is 2.29. The van der Waals surface area contributed by atoms with E-state index < -0.39 is 5.82 Å². The molecule has 0 spiro atoms. The minimum atomic E-state index is -0.395. The molecule has 2 amide bonds. The number of hydrogen-bond acceptors (Lipinski definition) is 3. The smallest absolute Gasteiger partial charge is 0.253 e. The quantitative estimate of drug-likeness (QED) is 0.573. The fourth-order valence-corrected chi connectivity index (χ4v) is 4.16. The van der Waals surface area contributed by atoms with Gasteiger partial charge in [-0.15, -0.1) is 0 Å². The Hall–Kier alpha value is -2.90. The van der Waals surface area contributed by atoms with Crippen LogP contribution in [-0.2, 0) is 11.3 Å². The molecule has 1 aliphatic rings. The van der Waals surface area contributed by atoms with Crippen molar-refractivity contribution < 1.29 is 14.0 Å². The molecule has 1 atom stereocenters. The van der Waals surface area contributed by atoms with Gasteiger partial charge in [0.25, 0.3) is 5.91 Å². The van der Waals surface area contributed by atoms with Gasteiger partial charge in [0, 0.05) is 24.7 Å². The topological polar surface area (TPSA) is 67.2 Å². The average molecular weight is 475 g/mol. The predicted molar refractivity (Wildman–Crippen MR) is 121 cm³/mol. The van der Waals surface area contributed by atoms with Crippen molar-refractivity contribution in [2.24, 2.45) is 5.92 Å². The van der Waals surface area contributed by atoms with Crippen LogP contribution >= 0.6 is 23.2 Å². The number of benzene rings is 2. The number of hydrogen-bond donors (Lipinski definition) is 1. The summed E-state index contributed by atoms with van der Waals surface area (Å²) in [5, 5.41) is 8.10. The molecule has 0 aliphatic carbocycles. The lowest BCUT2D eigenvalue weighted by atomic mass is 9.96. The van der Waals surface area contributed by atoms with Crippen LogP contribution in [0.5, 0.6) is 0 Å². The molecule has 1 saturated heterocycles. The number of piperidine rings is 1. The minimum Gasteiger partial charge on any atom is -0.338 e. The lowest BCUT2D eigenvalue weighted by Gasteiger charge is -2.32. The van der Waals surface area contributed by atoms with E-state index in [1.807, 2.05) is 6.07 Å². The monoisotopic (exact) mass is 474 g/mol. The van der Waals surface area contributed by atoms with Crippen LogP contribution in [0.2, 0.25) is 10.0 Å². The number of rotatable bonds is 5. The van der Waals surface area contributed by atoms with Crippen LogP contribution in [0, 0.1) is 11.7 Å². The van der Waals surface area contributed by atoms with Gasteiger partial charge in [-0.3, -0.25) is 9.59 Å². The van der Waals surface area contributed by atoms with Gasteiger partial charge in [-0.05, 0) is 48.7 Å². The minimum absolute atomic E-state index is 0.180. The number of carbonyl (C=O) groups excluding carboxylic acids is 2. The normalized spacial score (nSPS) is 16.1. The van der Waals surface area contributed by atoms with Crippen molar-refractivity contribution in [1.29, 1.82) is 0 Å². The summed E-state index contributed by atoms with van der Waals surface area (Å²) in [6, 6.07) is 12.5. The van der Waals surface area contributed by atoms with E-state index in [2.05, 4.69) is 10.4 Å². The summed E-state index contributed by atoms with van der Waals surface area (Å²) < 4.78 is 14.8. The number of amides is 2. The Morgan fingerprint density at radius 1 is 1.12 bits per heavy atom. The lowest BCUT2D eigenvalue weighted by molar-refractivity contribution is -0.121. The average Bonchev–Trinajstić information content (AvgIpc) is 3.23. The molecule has 3 aromatic rings. The van der Waals surface area contributed by atoms with Crippen LogP contribution in [-0.4, -0.2) is 39.6 Å². The number of nitrogens with one attached hydrogen (secondary N) is 1. The Morgan fingerprint density at radius 3 is 2.69 bits per heavy atom. The van der Waals surface area contributed by atoms with E-state index in [1.54, 1.807) is 34.0 Å². The van der Waals surface area contributed by atoms with Gasteiger partial charge >= 0.3 is 0 Å². The zero-order valence-corrected chi connectivity index (χ0v) is 18.6. The van der Waals surface area contributed by atoms with Crippen molar-refractivity contribution in [2.75, 3.05) is 18.4 Å². The first kappa shape index (κ1) is 22.3. The van der Waals surface area contributed by atoms with E-state index >= 15 is 0 Å². The van der Waals surface area contributed by atoms with Crippen LogP contribution in [0.1, 0.15) is 28.8 Å². The van der Waals surface area contributed by atoms with Gasteiger partial charge in [-0.1, -0.05) is 35.3 Å².